The average Bonchev–Trinajstić information content (AvgIpc) is 2.29. The summed E-state index contributed by atoms with van der Waals surface area (Å²) in [5.41, 5.74) is 5.79. The molecule has 94 valence electrons. The molecule has 0 saturated heterocycles. The van der Waals surface area contributed by atoms with Gasteiger partial charge in [-0.2, -0.15) is 0 Å². The Morgan fingerprint density at radius 2 is 2.18 bits per heavy atom. The molecule has 0 aromatic heterocycles. The molecule has 0 heterocycles. The Balaban J connectivity index is 2.47. The smallest absolute Gasteiger partial charge is 0.225 e. The van der Waals surface area contributed by atoms with Crippen LogP contribution in [0.1, 0.15) is 12.0 Å². The fourth-order valence-corrected chi connectivity index (χ4v) is 1.26. The van der Waals surface area contributed by atoms with Crippen molar-refractivity contribution in [1.29, 1.82) is 0 Å². The summed E-state index contributed by atoms with van der Waals surface area (Å²) in [6, 6.07) is 4.51. The summed E-state index contributed by atoms with van der Waals surface area (Å²) in [5.74, 6) is -0.000701. The third-order valence-corrected chi connectivity index (χ3v) is 2.33. The Morgan fingerprint density at radius 1 is 1.47 bits per heavy atom. The number of hydrogen-bond donors (Lipinski definition) is 1. The van der Waals surface area contributed by atoms with Gasteiger partial charge in [0, 0.05) is 32.3 Å². The van der Waals surface area contributed by atoms with Crippen molar-refractivity contribution in [3.63, 3.8) is 0 Å². The second-order valence-corrected chi connectivity index (χ2v) is 3.84. The number of amides is 1. The minimum Gasteiger partial charge on any atom is -0.493 e. The molecule has 1 aromatic rings. The van der Waals surface area contributed by atoms with Gasteiger partial charge < -0.3 is 15.4 Å². The van der Waals surface area contributed by atoms with Gasteiger partial charge in [-0.3, -0.25) is 4.79 Å². The molecule has 2 N–H and O–H groups in total. The van der Waals surface area contributed by atoms with Crippen LogP contribution in [0.5, 0.6) is 5.75 Å². The fourth-order valence-electron chi connectivity index (χ4n) is 1.26. The van der Waals surface area contributed by atoms with Gasteiger partial charge in [-0.25, -0.2) is 4.39 Å². The molecule has 1 amide bonds. The molecule has 0 atom stereocenters. The van der Waals surface area contributed by atoms with E-state index < -0.39 is 0 Å². The highest BCUT2D eigenvalue weighted by Crippen LogP contribution is 2.16. The van der Waals surface area contributed by atoms with Crippen molar-refractivity contribution in [2.45, 2.75) is 13.0 Å². The number of carbonyl (C=O) groups excluding carboxylic acids is 1. The molecule has 17 heavy (non-hydrogen) atoms. The maximum absolute atomic E-state index is 13.3. The van der Waals surface area contributed by atoms with E-state index in [1.807, 2.05) is 0 Å². The Kier molecular flexibility index (Phi) is 4.90. The van der Waals surface area contributed by atoms with Crippen LogP contribution in [0.15, 0.2) is 18.2 Å². The predicted molar refractivity (Wildman–Crippen MR) is 63.1 cm³/mol. The summed E-state index contributed by atoms with van der Waals surface area (Å²) in [5, 5.41) is 0. The number of hydrogen-bond acceptors (Lipinski definition) is 3. The van der Waals surface area contributed by atoms with Gasteiger partial charge in [0.1, 0.15) is 11.6 Å². The number of rotatable bonds is 5. The van der Waals surface area contributed by atoms with Crippen molar-refractivity contribution in [2.75, 3.05) is 20.7 Å². The van der Waals surface area contributed by atoms with E-state index in [2.05, 4.69) is 0 Å². The molecular formula is C12H17FN2O2. The van der Waals surface area contributed by atoms with Crippen LogP contribution in [0.2, 0.25) is 0 Å². The molecule has 4 nitrogen and oxygen atoms in total. The van der Waals surface area contributed by atoms with E-state index in [-0.39, 0.29) is 31.3 Å². The largest absolute Gasteiger partial charge is 0.493 e. The summed E-state index contributed by atoms with van der Waals surface area (Å²) in [6.07, 6.45) is 0.271. The molecule has 0 spiro atoms. The lowest BCUT2D eigenvalue weighted by Gasteiger charge is -2.11. The molecule has 1 rings (SSSR count). The molecule has 0 aliphatic rings. The van der Waals surface area contributed by atoms with Crippen LogP contribution in [0.4, 0.5) is 4.39 Å². The zero-order valence-corrected chi connectivity index (χ0v) is 10.1. The van der Waals surface area contributed by atoms with Crippen LogP contribution in [-0.2, 0) is 11.3 Å². The van der Waals surface area contributed by atoms with E-state index in [9.17, 15) is 9.18 Å². The van der Waals surface area contributed by atoms with Gasteiger partial charge in [0.25, 0.3) is 0 Å². The number of ether oxygens (including phenoxy) is 1. The Bertz CT molecular complexity index is 394. The van der Waals surface area contributed by atoms with Crippen molar-refractivity contribution >= 4 is 5.91 Å². The lowest BCUT2D eigenvalue weighted by molar-refractivity contribution is -0.129. The predicted octanol–water partition coefficient (Wildman–Crippen LogP) is 1.14. The molecule has 1 aromatic carbocycles. The number of carbonyl (C=O) groups is 1. The molecule has 0 radical (unpaired) electrons. The van der Waals surface area contributed by atoms with Crippen LogP contribution in [0.3, 0.4) is 0 Å². The number of nitrogens with zero attached hydrogens (tertiary/aromatic N) is 1. The van der Waals surface area contributed by atoms with E-state index in [1.54, 1.807) is 26.2 Å². The number of halogens is 1. The quantitative estimate of drug-likeness (QED) is 0.839. The van der Waals surface area contributed by atoms with Crippen LogP contribution in [0.25, 0.3) is 0 Å². The van der Waals surface area contributed by atoms with Gasteiger partial charge in [0.05, 0.1) is 13.0 Å². The van der Waals surface area contributed by atoms with Crippen molar-refractivity contribution in [2.24, 2.45) is 5.73 Å². The van der Waals surface area contributed by atoms with Gasteiger partial charge in [0.15, 0.2) is 0 Å². The highest BCUT2D eigenvalue weighted by Gasteiger charge is 2.05. The average molecular weight is 240 g/mol. The summed E-state index contributed by atoms with van der Waals surface area (Å²) in [4.78, 5) is 12.7. The van der Waals surface area contributed by atoms with Crippen molar-refractivity contribution in [3.05, 3.63) is 29.6 Å². The van der Waals surface area contributed by atoms with E-state index in [4.69, 9.17) is 10.5 Å². The summed E-state index contributed by atoms with van der Waals surface area (Å²) in [6.45, 7) is 0.393. The van der Waals surface area contributed by atoms with Gasteiger partial charge in [-0.15, -0.1) is 0 Å². The van der Waals surface area contributed by atoms with E-state index in [1.165, 1.54) is 11.0 Å². The molecule has 0 bridgehead atoms. The van der Waals surface area contributed by atoms with Gasteiger partial charge in [0.2, 0.25) is 5.91 Å². The van der Waals surface area contributed by atoms with Crippen LogP contribution < -0.4 is 10.5 Å². The zero-order chi connectivity index (χ0) is 12.8. The van der Waals surface area contributed by atoms with E-state index in [0.29, 0.717) is 11.3 Å². The van der Waals surface area contributed by atoms with Crippen molar-refractivity contribution in [1.82, 2.24) is 4.90 Å². The lowest BCUT2D eigenvalue weighted by atomic mass is 10.2. The monoisotopic (exact) mass is 240 g/mol. The van der Waals surface area contributed by atoms with Crippen molar-refractivity contribution < 1.29 is 13.9 Å². The second-order valence-electron chi connectivity index (χ2n) is 3.84. The van der Waals surface area contributed by atoms with Gasteiger partial charge in [-0.1, -0.05) is 6.07 Å². The van der Waals surface area contributed by atoms with Crippen LogP contribution in [0, 0.1) is 5.82 Å². The molecule has 0 aliphatic heterocycles. The topological polar surface area (TPSA) is 55.6 Å². The summed E-state index contributed by atoms with van der Waals surface area (Å²) in [7, 11) is 3.36. The maximum atomic E-state index is 13.3. The SMILES string of the molecule is CN(C)C(=O)CCOc1ccc(CN)c(F)c1. The first-order valence-electron chi connectivity index (χ1n) is 5.36. The standard InChI is InChI=1S/C12H17FN2O2/c1-15(2)12(16)5-6-17-10-4-3-9(8-14)11(13)7-10/h3-4,7H,5-6,8,14H2,1-2H3. The third-order valence-electron chi connectivity index (χ3n) is 2.33. The van der Waals surface area contributed by atoms with E-state index >= 15 is 0 Å². The Hall–Kier alpha value is -1.62. The van der Waals surface area contributed by atoms with Crippen molar-refractivity contribution in [3.8, 4) is 5.75 Å². The summed E-state index contributed by atoms with van der Waals surface area (Å²) >= 11 is 0. The highest BCUT2D eigenvalue weighted by atomic mass is 19.1. The van der Waals surface area contributed by atoms with Crippen LogP contribution >= 0.6 is 0 Å². The molecule has 0 fully saturated rings. The Morgan fingerprint density at radius 3 is 2.71 bits per heavy atom. The maximum Gasteiger partial charge on any atom is 0.225 e. The minimum atomic E-state index is -0.385. The Labute approximate surface area is 100 Å². The first-order chi connectivity index (χ1) is 8.04. The highest BCUT2D eigenvalue weighted by molar-refractivity contribution is 5.75. The zero-order valence-electron chi connectivity index (χ0n) is 10.1. The summed E-state index contributed by atoms with van der Waals surface area (Å²) < 4.78 is 18.6. The van der Waals surface area contributed by atoms with Crippen LogP contribution in [-0.4, -0.2) is 31.5 Å². The molecular weight excluding hydrogens is 223 g/mol. The van der Waals surface area contributed by atoms with Gasteiger partial charge >= 0.3 is 0 Å². The molecule has 0 unspecified atom stereocenters. The van der Waals surface area contributed by atoms with E-state index in [0.717, 1.165) is 0 Å². The number of nitrogens with two attached hydrogens (primary N) is 1. The third kappa shape index (κ3) is 4.03. The first-order valence-corrected chi connectivity index (χ1v) is 5.36. The minimum absolute atomic E-state index is 0.0240. The molecule has 0 aliphatic carbocycles. The first kappa shape index (κ1) is 13.4. The second kappa shape index (κ2) is 6.20. The molecule has 0 saturated carbocycles. The number of benzene rings is 1. The normalized spacial score (nSPS) is 10.1. The lowest BCUT2D eigenvalue weighted by Crippen LogP contribution is -2.23. The fraction of sp³-hybridized carbons (Fsp3) is 0.417. The van der Waals surface area contributed by atoms with Gasteiger partial charge in [-0.05, 0) is 6.07 Å². The molecule has 5 heteroatoms.